The molecule has 2 aromatic carbocycles. The highest BCUT2D eigenvalue weighted by Gasteiger charge is 2.31. The van der Waals surface area contributed by atoms with Crippen molar-refractivity contribution in [1.82, 2.24) is 9.88 Å². The average molecular weight is 464 g/mol. The molecule has 6 heteroatoms. The van der Waals surface area contributed by atoms with Crippen molar-refractivity contribution >= 4 is 39.6 Å². The first kappa shape index (κ1) is 23.2. The van der Waals surface area contributed by atoms with E-state index in [1.54, 1.807) is 0 Å². The molecule has 0 bridgehead atoms. The van der Waals surface area contributed by atoms with Gasteiger partial charge in [-0.05, 0) is 93.7 Å². The summed E-state index contributed by atoms with van der Waals surface area (Å²) in [5.41, 5.74) is 8.13. The number of thiocarbonyl (C=S) groups is 1. The van der Waals surface area contributed by atoms with Crippen LogP contribution >= 0.6 is 12.2 Å². The molecule has 1 atom stereocenters. The zero-order valence-electron chi connectivity index (χ0n) is 20.3. The Labute approximate surface area is 201 Å². The van der Waals surface area contributed by atoms with Crippen molar-refractivity contribution < 1.29 is 10.2 Å². The molecule has 3 N–H and O–H groups in total. The van der Waals surface area contributed by atoms with Gasteiger partial charge in [-0.1, -0.05) is 13.8 Å². The number of aromatic nitrogens is 1. The number of benzene rings is 2. The van der Waals surface area contributed by atoms with Crippen molar-refractivity contribution in [2.24, 2.45) is 0 Å². The average Bonchev–Trinajstić information content (AvgIpc) is 3.01. The molecule has 0 amide bonds. The molecule has 0 saturated heterocycles. The second-order valence-electron chi connectivity index (χ2n) is 8.95. The maximum Gasteiger partial charge on any atom is 0.178 e. The summed E-state index contributed by atoms with van der Waals surface area (Å²) < 4.78 is 2.38. The van der Waals surface area contributed by atoms with E-state index in [9.17, 15) is 10.2 Å². The van der Waals surface area contributed by atoms with E-state index in [0.29, 0.717) is 17.1 Å². The van der Waals surface area contributed by atoms with Crippen LogP contribution in [0, 0.1) is 13.8 Å². The number of hydrogen-bond acceptors (Lipinski definition) is 3. The lowest BCUT2D eigenvalue weighted by Gasteiger charge is -2.38. The van der Waals surface area contributed by atoms with Gasteiger partial charge in [-0.3, -0.25) is 4.90 Å². The number of rotatable bonds is 5. The number of phenols is 2. The molecular formula is C27H33N3O2S. The summed E-state index contributed by atoms with van der Waals surface area (Å²) in [4.78, 5) is 2.02. The number of fused-ring (bicyclic) bond motifs is 1. The van der Waals surface area contributed by atoms with E-state index in [4.69, 9.17) is 12.2 Å². The lowest BCUT2D eigenvalue weighted by molar-refractivity contribution is 0.445. The molecule has 33 heavy (non-hydrogen) atoms. The third-order valence-corrected chi connectivity index (χ3v) is 7.25. The van der Waals surface area contributed by atoms with Crippen LogP contribution < -0.4 is 10.2 Å². The smallest absolute Gasteiger partial charge is 0.178 e. The molecule has 4 rings (SSSR count). The summed E-state index contributed by atoms with van der Waals surface area (Å²) >= 11 is 5.82. The summed E-state index contributed by atoms with van der Waals surface area (Å²) in [7, 11) is 0. The van der Waals surface area contributed by atoms with Crippen LogP contribution in [0.5, 0.6) is 11.5 Å². The third kappa shape index (κ3) is 3.76. The van der Waals surface area contributed by atoms with E-state index in [0.717, 1.165) is 35.5 Å². The predicted octanol–water partition coefficient (Wildman–Crippen LogP) is 6.16. The number of nitrogens with zero attached hydrogens (tertiary/aromatic N) is 2. The third-order valence-electron chi connectivity index (χ3n) is 6.95. The van der Waals surface area contributed by atoms with Crippen molar-refractivity contribution in [2.45, 2.75) is 67.0 Å². The monoisotopic (exact) mass is 463 g/mol. The second kappa shape index (κ2) is 8.75. The maximum atomic E-state index is 10.8. The van der Waals surface area contributed by atoms with E-state index in [2.05, 4.69) is 62.7 Å². The fourth-order valence-electron chi connectivity index (χ4n) is 4.80. The fraction of sp³-hybridized carbons (Fsp3) is 0.370. The number of anilines is 1. The minimum Gasteiger partial charge on any atom is -0.508 e. The van der Waals surface area contributed by atoms with Crippen LogP contribution in [-0.4, -0.2) is 25.9 Å². The van der Waals surface area contributed by atoms with Gasteiger partial charge in [0.05, 0.1) is 5.70 Å². The van der Waals surface area contributed by atoms with Crippen LogP contribution in [0.25, 0.3) is 16.6 Å². The first-order chi connectivity index (χ1) is 15.7. The van der Waals surface area contributed by atoms with E-state index in [1.807, 2.05) is 17.9 Å². The van der Waals surface area contributed by atoms with Crippen molar-refractivity contribution in [1.29, 1.82) is 0 Å². The Kier molecular flexibility index (Phi) is 6.14. The first-order valence-electron chi connectivity index (χ1n) is 11.7. The zero-order chi connectivity index (χ0) is 24.0. The Balaban J connectivity index is 1.95. The van der Waals surface area contributed by atoms with E-state index in [1.165, 1.54) is 28.2 Å². The van der Waals surface area contributed by atoms with Gasteiger partial charge in [0, 0.05) is 46.5 Å². The standard InChI is InChI=1S/C27H33N3O2S/c1-7-11-29-18(6)16(4)21-13-20(9-10-23(21)29)30-26(15(3)17(5)28-27(30)33)22-12-19(8-2)24(31)14-25(22)32/h9-10,12-14,17,31-32H,7-8,11H2,1-6H3,(H,28,33). The van der Waals surface area contributed by atoms with Crippen LogP contribution in [0.15, 0.2) is 35.9 Å². The lowest BCUT2D eigenvalue weighted by atomic mass is 9.95. The number of aryl methyl sites for hydroxylation is 3. The van der Waals surface area contributed by atoms with E-state index < -0.39 is 0 Å². The highest BCUT2D eigenvalue weighted by atomic mass is 32.1. The summed E-state index contributed by atoms with van der Waals surface area (Å²) in [5, 5.41) is 26.3. The topological polar surface area (TPSA) is 60.7 Å². The van der Waals surface area contributed by atoms with Crippen LogP contribution in [0.2, 0.25) is 0 Å². The summed E-state index contributed by atoms with van der Waals surface area (Å²) in [5.74, 6) is 0.154. The number of phenolic OH excluding ortho intramolecular Hbond substituents is 2. The van der Waals surface area contributed by atoms with E-state index >= 15 is 0 Å². The molecule has 0 fully saturated rings. The molecule has 0 saturated carbocycles. The van der Waals surface area contributed by atoms with Crippen molar-refractivity contribution in [3.63, 3.8) is 0 Å². The SMILES string of the molecule is CCCn1c(C)c(C)c2cc(N3C(=S)NC(C)C(C)=C3c3cc(CC)c(O)cc3O)ccc21. The Morgan fingerprint density at radius 2 is 1.76 bits per heavy atom. The van der Waals surface area contributed by atoms with Crippen molar-refractivity contribution in [3.05, 3.63) is 58.3 Å². The molecule has 0 aliphatic carbocycles. The Bertz CT molecular complexity index is 1290. The van der Waals surface area contributed by atoms with Crippen LogP contribution in [0.3, 0.4) is 0 Å². The van der Waals surface area contributed by atoms with E-state index in [-0.39, 0.29) is 17.5 Å². The van der Waals surface area contributed by atoms with Crippen LogP contribution in [-0.2, 0) is 13.0 Å². The number of nitrogens with one attached hydrogen (secondary N) is 1. The molecule has 0 radical (unpaired) electrons. The Morgan fingerprint density at radius 1 is 1.03 bits per heavy atom. The number of hydrogen-bond donors (Lipinski definition) is 3. The summed E-state index contributed by atoms with van der Waals surface area (Å²) in [6.07, 6.45) is 1.74. The minimum absolute atomic E-state index is 0.0281. The van der Waals surface area contributed by atoms with Gasteiger partial charge in [0.1, 0.15) is 11.5 Å². The summed E-state index contributed by atoms with van der Waals surface area (Å²) in [6, 6.07) is 9.80. The second-order valence-corrected chi connectivity index (χ2v) is 9.34. The molecule has 1 unspecified atom stereocenters. The molecule has 5 nitrogen and oxygen atoms in total. The lowest BCUT2D eigenvalue weighted by Crippen LogP contribution is -2.48. The zero-order valence-corrected chi connectivity index (χ0v) is 21.1. The van der Waals surface area contributed by atoms with Gasteiger partial charge in [-0.15, -0.1) is 0 Å². The van der Waals surface area contributed by atoms with Crippen molar-refractivity contribution in [2.75, 3.05) is 4.90 Å². The predicted molar refractivity (Wildman–Crippen MR) is 141 cm³/mol. The van der Waals surface area contributed by atoms with Crippen molar-refractivity contribution in [3.8, 4) is 11.5 Å². The van der Waals surface area contributed by atoms with Crippen LogP contribution in [0.4, 0.5) is 5.69 Å². The Hall–Kier alpha value is -2.99. The molecule has 1 aliphatic heterocycles. The maximum absolute atomic E-state index is 10.8. The quantitative estimate of drug-likeness (QED) is 0.396. The van der Waals surface area contributed by atoms with Gasteiger partial charge in [-0.2, -0.15) is 0 Å². The van der Waals surface area contributed by atoms with Gasteiger partial charge >= 0.3 is 0 Å². The molecule has 174 valence electrons. The highest BCUT2D eigenvalue weighted by molar-refractivity contribution is 7.80. The molecule has 1 aliphatic rings. The van der Waals surface area contributed by atoms with Gasteiger partial charge in [0.25, 0.3) is 0 Å². The van der Waals surface area contributed by atoms with Gasteiger partial charge < -0.3 is 20.1 Å². The molecule has 2 heterocycles. The largest absolute Gasteiger partial charge is 0.508 e. The fourth-order valence-corrected chi connectivity index (χ4v) is 5.18. The molecule has 3 aromatic rings. The van der Waals surface area contributed by atoms with Gasteiger partial charge in [-0.25, -0.2) is 0 Å². The molecule has 1 aromatic heterocycles. The number of aromatic hydroxyl groups is 2. The molecular weight excluding hydrogens is 430 g/mol. The summed E-state index contributed by atoms with van der Waals surface area (Å²) in [6.45, 7) is 13.7. The van der Waals surface area contributed by atoms with Crippen LogP contribution in [0.1, 0.15) is 56.5 Å². The minimum atomic E-state index is 0.0281. The van der Waals surface area contributed by atoms with Gasteiger partial charge in [0.2, 0.25) is 0 Å². The first-order valence-corrected chi connectivity index (χ1v) is 12.1. The molecule has 0 spiro atoms. The van der Waals surface area contributed by atoms with Gasteiger partial charge in [0.15, 0.2) is 5.11 Å². The normalized spacial score (nSPS) is 16.6. The highest BCUT2D eigenvalue weighted by Crippen LogP contribution is 2.41. The Morgan fingerprint density at radius 3 is 2.42 bits per heavy atom.